The van der Waals surface area contributed by atoms with E-state index < -0.39 is 8.32 Å². The van der Waals surface area contributed by atoms with E-state index in [4.69, 9.17) is 13.9 Å². The van der Waals surface area contributed by atoms with Gasteiger partial charge in [0.2, 0.25) is 0 Å². The third-order valence-electron chi connectivity index (χ3n) is 9.05. The second-order valence-corrected chi connectivity index (χ2v) is 16.5. The second-order valence-electron chi connectivity index (χ2n) is 12.1. The molecule has 4 rings (SSSR count). The summed E-state index contributed by atoms with van der Waals surface area (Å²) in [6.45, 7) is 12.7. The molecule has 0 aromatic heterocycles. The third-order valence-corrected chi connectivity index (χ3v) is 10.1. The van der Waals surface area contributed by atoms with Crippen LogP contribution in [0.2, 0.25) is 19.6 Å². The van der Waals surface area contributed by atoms with Gasteiger partial charge in [-0.05, 0) is 88.8 Å². The van der Waals surface area contributed by atoms with Gasteiger partial charge in [-0.15, -0.1) is 0 Å². The molecule has 6 heteroatoms. The van der Waals surface area contributed by atoms with E-state index >= 15 is 0 Å². The van der Waals surface area contributed by atoms with Gasteiger partial charge in [0.1, 0.15) is 12.7 Å². The number of carbonyl (C=O) groups excluding carboxylic acids is 2. The molecule has 0 heterocycles. The van der Waals surface area contributed by atoms with Crippen LogP contribution in [-0.2, 0) is 23.5 Å². The fourth-order valence-corrected chi connectivity index (χ4v) is 8.98. The van der Waals surface area contributed by atoms with Crippen LogP contribution in [-0.4, -0.2) is 39.1 Å². The number of fused-ring (bicyclic) bond motifs is 5. The number of rotatable bonds is 5. The van der Waals surface area contributed by atoms with Crippen molar-refractivity contribution in [3.63, 3.8) is 0 Å². The van der Waals surface area contributed by atoms with Crippen LogP contribution < -0.4 is 0 Å². The average Bonchev–Trinajstić information content (AvgIpc) is 3.01. The Morgan fingerprint density at radius 1 is 1.00 bits per heavy atom. The Bertz CT molecular complexity index is 786. The Morgan fingerprint density at radius 3 is 2.41 bits per heavy atom. The topological polar surface area (TPSA) is 61.8 Å². The number of esters is 2. The van der Waals surface area contributed by atoms with Gasteiger partial charge in [-0.2, -0.15) is 0 Å². The van der Waals surface area contributed by atoms with Gasteiger partial charge in [0.15, 0.2) is 8.32 Å². The summed E-state index contributed by atoms with van der Waals surface area (Å²) in [5.74, 6) is 1.38. The SMILES string of the molecule is CC(=O)OC[C@]12CC[C@H](O[Si](C)(C)C)C=C1CC[C@@H]1[C@@H]2CC[C@]2(C)[C@@H](OC(C)=O)CC[C@@H]12. The second kappa shape index (κ2) is 8.57. The summed E-state index contributed by atoms with van der Waals surface area (Å²) in [5, 5.41) is 0. The van der Waals surface area contributed by atoms with Crippen LogP contribution in [0.4, 0.5) is 0 Å². The molecule has 4 aliphatic rings. The molecule has 0 aromatic carbocycles. The summed E-state index contributed by atoms with van der Waals surface area (Å²) < 4.78 is 18.0. The van der Waals surface area contributed by atoms with E-state index in [1.54, 1.807) is 0 Å². The minimum atomic E-state index is -1.62. The molecule has 0 spiro atoms. The molecule has 0 saturated heterocycles. The zero-order chi connectivity index (χ0) is 23.3. The molecule has 0 N–H and O–H groups in total. The summed E-state index contributed by atoms with van der Waals surface area (Å²) in [6, 6.07) is 0. The Kier molecular flexibility index (Phi) is 6.43. The van der Waals surface area contributed by atoms with Crippen LogP contribution >= 0.6 is 0 Å². The van der Waals surface area contributed by atoms with E-state index in [1.807, 2.05) is 0 Å². The molecule has 7 atom stereocenters. The van der Waals surface area contributed by atoms with Gasteiger partial charge in [-0.3, -0.25) is 9.59 Å². The lowest BCUT2D eigenvalue weighted by Crippen LogP contribution is -2.54. The number of hydrogen-bond acceptors (Lipinski definition) is 5. The van der Waals surface area contributed by atoms with E-state index in [2.05, 4.69) is 32.6 Å². The summed E-state index contributed by atoms with van der Waals surface area (Å²) >= 11 is 0. The zero-order valence-corrected chi connectivity index (χ0v) is 21.9. The molecular formula is C26H42O5Si. The van der Waals surface area contributed by atoms with Crippen molar-refractivity contribution in [3.05, 3.63) is 11.6 Å². The number of carbonyl (C=O) groups is 2. The molecule has 3 fully saturated rings. The fourth-order valence-electron chi connectivity index (χ4n) is 7.88. The number of ether oxygens (including phenoxy) is 2. The van der Waals surface area contributed by atoms with Gasteiger partial charge < -0.3 is 13.9 Å². The number of hydrogen-bond donors (Lipinski definition) is 0. The lowest BCUT2D eigenvalue weighted by atomic mass is 9.47. The highest BCUT2D eigenvalue weighted by Gasteiger charge is 2.61. The maximum Gasteiger partial charge on any atom is 0.302 e. The zero-order valence-electron chi connectivity index (χ0n) is 20.9. The van der Waals surface area contributed by atoms with Crippen LogP contribution in [0.15, 0.2) is 11.6 Å². The van der Waals surface area contributed by atoms with Crippen molar-refractivity contribution in [1.82, 2.24) is 0 Å². The molecule has 0 radical (unpaired) electrons. The van der Waals surface area contributed by atoms with Crippen molar-refractivity contribution in [3.8, 4) is 0 Å². The van der Waals surface area contributed by atoms with E-state index in [0.29, 0.717) is 24.4 Å². The monoisotopic (exact) mass is 462 g/mol. The standard InChI is InChI=1S/C26H42O5Si/c1-17(27)29-16-26-14-11-20(31-32(4,5)6)15-19(26)7-8-21-22-9-10-24(30-18(2)28)25(22,3)13-12-23(21)26/h15,20-24H,7-14,16H2,1-6H3/t20-,21-,22-,23-,24-,25-,26+/m0/s1. The van der Waals surface area contributed by atoms with Gasteiger partial charge in [-0.25, -0.2) is 0 Å². The van der Waals surface area contributed by atoms with Crippen LogP contribution in [0.5, 0.6) is 0 Å². The lowest BCUT2D eigenvalue weighted by molar-refractivity contribution is -0.160. The molecule has 0 unspecified atom stereocenters. The average molecular weight is 463 g/mol. The quantitative estimate of drug-likeness (QED) is 0.300. The first-order valence-corrected chi connectivity index (χ1v) is 16.0. The van der Waals surface area contributed by atoms with Gasteiger partial charge in [0.25, 0.3) is 0 Å². The molecule has 4 aliphatic carbocycles. The van der Waals surface area contributed by atoms with Gasteiger partial charge in [-0.1, -0.05) is 18.6 Å². The molecule has 3 saturated carbocycles. The Labute approximate surface area is 194 Å². The first-order valence-electron chi connectivity index (χ1n) is 12.6. The van der Waals surface area contributed by atoms with Crippen molar-refractivity contribution in [2.75, 3.05) is 6.61 Å². The first-order chi connectivity index (χ1) is 14.9. The Morgan fingerprint density at radius 2 is 1.75 bits per heavy atom. The lowest BCUT2D eigenvalue weighted by Gasteiger charge is -2.59. The summed E-state index contributed by atoms with van der Waals surface area (Å²) in [4.78, 5) is 23.6. The van der Waals surface area contributed by atoms with Crippen molar-refractivity contribution in [1.29, 1.82) is 0 Å². The highest BCUT2D eigenvalue weighted by atomic mass is 28.4. The van der Waals surface area contributed by atoms with Gasteiger partial charge in [0, 0.05) is 24.7 Å². The third kappa shape index (κ3) is 4.34. The summed E-state index contributed by atoms with van der Waals surface area (Å²) in [7, 11) is -1.62. The molecule has 0 aromatic rings. The first kappa shape index (κ1) is 24.0. The normalized spacial score (nSPS) is 41.1. The fraction of sp³-hybridized carbons (Fsp3) is 0.846. The smallest absolute Gasteiger partial charge is 0.302 e. The van der Waals surface area contributed by atoms with Crippen molar-refractivity contribution < 1.29 is 23.5 Å². The van der Waals surface area contributed by atoms with Gasteiger partial charge >= 0.3 is 11.9 Å². The molecule has 180 valence electrons. The predicted octanol–water partition coefficient (Wildman–Crippen LogP) is 5.64. The van der Waals surface area contributed by atoms with Crippen molar-refractivity contribution >= 4 is 20.3 Å². The van der Waals surface area contributed by atoms with Crippen molar-refractivity contribution in [2.24, 2.45) is 28.6 Å². The van der Waals surface area contributed by atoms with Crippen LogP contribution in [0.3, 0.4) is 0 Å². The molecular weight excluding hydrogens is 420 g/mol. The predicted molar refractivity (Wildman–Crippen MR) is 126 cm³/mol. The molecule has 0 amide bonds. The Hall–Kier alpha value is -1.14. The van der Waals surface area contributed by atoms with E-state index in [9.17, 15) is 9.59 Å². The summed E-state index contributed by atoms with van der Waals surface area (Å²) in [6.07, 6.45) is 11.3. The van der Waals surface area contributed by atoms with Crippen molar-refractivity contribution in [2.45, 2.75) is 104 Å². The Balaban J connectivity index is 1.62. The van der Waals surface area contributed by atoms with E-state index in [-0.39, 0.29) is 35.0 Å². The minimum Gasteiger partial charge on any atom is -0.465 e. The van der Waals surface area contributed by atoms with Crippen LogP contribution in [0.1, 0.15) is 72.1 Å². The largest absolute Gasteiger partial charge is 0.465 e. The highest BCUT2D eigenvalue weighted by molar-refractivity contribution is 6.69. The maximum absolute atomic E-state index is 11.8. The minimum absolute atomic E-state index is 0.0469. The van der Waals surface area contributed by atoms with E-state index in [0.717, 1.165) is 44.9 Å². The van der Waals surface area contributed by atoms with Gasteiger partial charge in [0.05, 0.1) is 6.10 Å². The molecule has 0 bridgehead atoms. The van der Waals surface area contributed by atoms with Crippen LogP contribution in [0.25, 0.3) is 0 Å². The molecule has 0 aliphatic heterocycles. The highest BCUT2D eigenvalue weighted by Crippen LogP contribution is 2.66. The van der Waals surface area contributed by atoms with E-state index in [1.165, 1.54) is 25.8 Å². The maximum atomic E-state index is 11.8. The molecule has 32 heavy (non-hydrogen) atoms. The van der Waals surface area contributed by atoms with Crippen LogP contribution in [0, 0.1) is 28.6 Å². The summed E-state index contributed by atoms with van der Waals surface area (Å²) in [5.41, 5.74) is 1.51. The molecule has 5 nitrogen and oxygen atoms in total.